The van der Waals surface area contributed by atoms with Crippen molar-refractivity contribution < 1.29 is 5.11 Å². The second-order valence-electron chi connectivity index (χ2n) is 3.83. The molecule has 0 heterocycles. The lowest BCUT2D eigenvalue weighted by Crippen LogP contribution is -2.02. The Morgan fingerprint density at radius 1 is 1.13 bits per heavy atom. The summed E-state index contributed by atoms with van der Waals surface area (Å²) in [6.45, 7) is 2.21. The monoisotopic (exact) mass is 230 g/mol. The van der Waals surface area contributed by atoms with Gasteiger partial charge >= 0.3 is 0 Å². The molecule has 0 spiro atoms. The van der Waals surface area contributed by atoms with Crippen LogP contribution in [0.4, 0.5) is 0 Å². The zero-order valence-electron chi connectivity index (χ0n) is 9.77. The number of aliphatic hydroxyl groups is 1. The molecule has 0 unspecified atom stereocenters. The van der Waals surface area contributed by atoms with Crippen LogP contribution in [0.5, 0.6) is 0 Å². The van der Waals surface area contributed by atoms with Crippen molar-refractivity contribution in [2.75, 3.05) is 5.88 Å². The molecule has 0 radical (unpaired) electrons. The van der Waals surface area contributed by atoms with E-state index in [0.29, 0.717) is 5.88 Å². The smallest absolute Gasteiger partial charge is 0.114 e. The van der Waals surface area contributed by atoms with Gasteiger partial charge < -0.3 is 5.11 Å². The first-order valence-electron chi connectivity index (χ1n) is 6.03. The second-order valence-corrected chi connectivity index (χ2v) is 4.21. The molecule has 1 atom stereocenters. The normalized spacial score (nSPS) is 11.9. The Balaban J connectivity index is 3.30. The van der Waals surface area contributed by atoms with E-state index in [1.165, 1.54) is 25.7 Å². The van der Waals surface area contributed by atoms with Gasteiger partial charge in [0.15, 0.2) is 0 Å². The average molecular weight is 231 g/mol. The molecule has 1 nitrogen and oxygen atoms in total. The lowest BCUT2D eigenvalue weighted by Gasteiger charge is -2.02. The Morgan fingerprint density at radius 2 is 1.87 bits per heavy atom. The van der Waals surface area contributed by atoms with Crippen LogP contribution in [0.1, 0.15) is 58.3 Å². The van der Waals surface area contributed by atoms with Crippen molar-refractivity contribution in [3.8, 4) is 11.8 Å². The topological polar surface area (TPSA) is 20.2 Å². The van der Waals surface area contributed by atoms with E-state index in [4.69, 9.17) is 11.6 Å². The first-order chi connectivity index (χ1) is 7.31. The van der Waals surface area contributed by atoms with E-state index < -0.39 is 6.10 Å². The molecule has 0 aromatic rings. The summed E-state index contributed by atoms with van der Waals surface area (Å²) < 4.78 is 0. The van der Waals surface area contributed by atoms with Crippen LogP contribution >= 0.6 is 11.6 Å². The van der Waals surface area contributed by atoms with Crippen LogP contribution in [-0.4, -0.2) is 17.1 Å². The highest BCUT2D eigenvalue weighted by Crippen LogP contribution is 2.06. The molecule has 0 saturated carbocycles. The van der Waals surface area contributed by atoms with Crippen LogP contribution in [-0.2, 0) is 0 Å². The van der Waals surface area contributed by atoms with Crippen molar-refractivity contribution in [1.82, 2.24) is 0 Å². The van der Waals surface area contributed by atoms with Crippen LogP contribution in [0.15, 0.2) is 0 Å². The third kappa shape index (κ3) is 11.7. The molecule has 2 heteroatoms. The fourth-order valence-electron chi connectivity index (χ4n) is 1.36. The molecule has 0 aliphatic rings. The highest BCUT2D eigenvalue weighted by Gasteiger charge is 1.97. The third-order valence-corrected chi connectivity index (χ3v) is 2.55. The first kappa shape index (κ1) is 14.8. The van der Waals surface area contributed by atoms with Gasteiger partial charge in [0.05, 0.1) is 0 Å². The number of unbranched alkanes of at least 4 members (excludes halogenated alkanes) is 5. The summed E-state index contributed by atoms with van der Waals surface area (Å²) in [7, 11) is 0. The van der Waals surface area contributed by atoms with Gasteiger partial charge in [-0.15, -0.1) is 17.5 Å². The number of rotatable bonds is 8. The van der Waals surface area contributed by atoms with Gasteiger partial charge in [-0.2, -0.15) is 0 Å². The van der Waals surface area contributed by atoms with Crippen molar-refractivity contribution >= 4 is 11.6 Å². The Labute approximate surface area is 99.2 Å². The minimum atomic E-state index is -0.429. The Kier molecular flexibility index (Phi) is 11.7. The lowest BCUT2D eigenvalue weighted by molar-refractivity contribution is 0.217. The van der Waals surface area contributed by atoms with Gasteiger partial charge in [0.2, 0.25) is 0 Å². The van der Waals surface area contributed by atoms with E-state index in [-0.39, 0.29) is 0 Å². The van der Waals surface area contributed by atoms with Gasteiger partial charge in [0.1, 0.15) is 6.10 Å². The summed E-state index contributed by atoms with van der Waals surface area (Å²) in [5.74, 6) is 6.46. The highest BCUT2D eigenvalue weighted by molar-refractivity contribution is 6.17. The summed E-state index contributed by atoms with van der Waals surface area (Å²) in [6, 6.07) is 0. The van der Waals surface area contributed by atoms with Gasteiger partial charge in [0.25, 0.3) is 0 Å². The van der Waals surface area contributed by atoms with Crippen molar-refractivity contribution in [3.05, 3.63) is 0 Å². The van der Waals surface area contributed by atoms with Crippen LogP contribution in [0, 0.1) is 11.8 Å². The molecule has 0 bridgehead atoms. The summed E-state index contributed by atoms with van der Waals surface area (Å²) in [5.41, 5.74) is 0. The first-order valence-corrected chi connectivity index (χ1v) is 6.57. The zero-order valence-corrected chi connectivity index (χ0v) is 10.5. The van der Waals surface area contributed by atoms with Crippen LogP contribution in [0.25, 0.3) is 0 Å². The Bertz CT molecular complexity index is 181. The Morgan fingerprint density at radius 3 is 2.53 bits per heavy atom. The molecule has 0 aliphatic heterocycles. The van der Waals surface area contributed by atoms with Crippen LogP contribution < -0.4 is 0 Å². The average Bonchev–Trinajstić information content (AvgIpc) is 2.24. The van der Waals surface area contributed by atoms with Crippen molar-refractivity contribution in [3.63, 3.8) is 0 Å². The van der Waals surface area contributed by atoms with E-state index in [2.05, 4.69) is 18.8 Å². The molecule has 0 amide bonds. The molecular weight excluding hydrogens is 208 g/mol. The van der Waals surface area contributed by atoms with Gasteiger partial charge in [-0.3, -0.25) is 0 Å². The van der Waals surface area contributed by atoms with Crippen molar-refractivity contribution in [2.45, 2.75) is 64.4 Å². The Hall–Kier alpha value is -0.190. The maximum atomic E-state index is 9.50. The van der Waals surface area contributed by atoms with E-state index in [9.17, 15) is 5.11 Å². The SMILES string of the molecule is CCCCCCC[C@H](O)C#CCCCCl. The van der Waals surface area contributed by atoms with E-state index in [1.54, 1.807) is 0 Å². The molecule has 0 rings (SSSR count). The fraction of sp³-hybridized carbons (Fsp3) is 0.846. The molecule has 0 aromatic carbocycles. The predicted molar refractivity (Wildman–Crippen MR) is 67.1 cm³/mol. The zero-order chi connectivity index (χ0) is 11.4. The minimum Gasteiger partial charge on any atom is -0.380 e. The third-order valence-electron chi connectivity index (χ3n) is 2.29. The van der Waals surface area contributed by atoms with Gasteiger partial charge in [0, 0.05) is 12.3 Å². The number of alkyl halides is 1. The fourth-order valence-corrected chi connectivity index (χ4v) is 1.49. The maximum absolute atomic E-state index is 9.50. The van der Waals surface area contributed by atoms with Crippen molar-refractivity contribution in [1.29, 1.82) is 0 Å². The van der Waals surface area contributed by atoms with Gasteiger partial charge in [-0.25, -0.2) is 0 Å². The lowest BCUT2D eigenvalue weighted by atomic mass is 10.1. The predicted octanol–water partition coefficient (Wildman–Crippen LogP) is 3.73. The molecule has 0 fully saturated rings. The maximum Gasteiger partial charge on any atom is 0.114 e. The number of aliphatic hydroxyl groups excluding tert-OH is 1. The van der Waals surface area contributed by atoms with E-state index in [1.807, 2.05) is 0 Å². The van der Waals surface area contributed by atoms with Gasteiger partial charge in [-0.1, -0.05) is 38.5 Å². The second kappa shape index (κ2) is 11.9. The summed E-state index contributed by atoms with van der Waals surface area (Å²) in [6.07, 6.45) is 8.26. The summed E-state index contributed by atoms with van der Waals surface area (Å²) in [5, 5.41) is 9.50. The molecule has 0 aromatic heterocycles. The minimum absolute atomic E-state index is 0.429. The molecule has 15 heavy (non-hydrogen) atoms. The molecule has 88 valence electrons. The number of hydrogen-bond acceptors (Lipinski definition) is 1. The standard InChI is InChI=1S/C13H23ClO/c1-2-3-4-5-7-10-13(15)11-8-6-9-12-14/h13,15H,2-7,9-10,12H2,1H3/t13-/m0/s1. The van der Waals surface area contributed by atoms with Crippen molar-refractivity contribution in [2.24, 2.45) is 0 Å². The molecule has 0 saturated heterocycles. The molecule has 0 aliphatic carbocycles. The van der Waals surface area contributed by atoms with Crippen LogP contribution in [0.3, 0.4) is 0 Å². The van der Waals surface area contributed by atoms with E-state index in [0.717, 1.165) is 25.7 Å². The summed E-state index contributed by atoms with van der Waals surface area (Å²) in [4.78, 5) is 0. The number of hydrogen-bond donors (Lipinski definition) is 1. The quantitative estimate of drug-likeness (QED) is 0.383. The van der Waals surface area contributed by atoms with E-state index >= 15 is 0 Å². The molecular formula is C13H23ClO. The largest absolute Gasteiger partial charge is 0.380 e. The molecule has 1 N–H and O–H groups in total. The summed E-state index contributed by atoms with van der Waals surface area (Å²) >= 11 is 5.52. The van der Waals surface area contributed by atoms with Gasteiger partial charge in [-0.05, 0) is 19.3 Å². The highest BCUT2D eigenvalue weighted by atomic mass is 35.5. The van der Waals surface area contributed by atoms with Crippen LogP contribution in [0.2, 0.25) is 0 Å². The number of halogens is 1.